The van der Waals surface area contributed by atoms with Crippen molar-refractivity contribution >= 4 is 27.3 Å². The fourth-order valence-electron chi connectivity index (χ4n) is 3.48. The van der Waals surface area contributed by atoms with Crippen molar-refractivity contribution in [3.05, 3.63) is 84.1 Å². The molecule has 0 bridgehead atoms. The molecule has 32 heavy (non-hydrogen) atoms. The Kier molecular flexibility index (Phi) is 5.10. The third-order valence-electron chi connectivity index (χ3n) is 5.46. The lowest BCUT2D eigenvalue weighted by Crippen LogP contribution is -2.41. The van der Waals surface area contributed by atoms with Crippen LogP contribution < -0.4 is 5.32 Å². The molecule has 1 fully saturated rings. The molecule has 9 heteroatoms. The quantitative estimate of drug-likeness (QED) is 0.488. The third-order valence-corrected chi connectivity index (χ3v) is 7.22. The number of fused-ring (bicyclic) bond motifs is 1. The Labute approximate surface area is 185 Å². The summed E-state index contributed by atoms with van der Waals surface area (Å²) in [4.78, 5) is 18.9. The molecule has 2 aromatic carbocycles. The highest BCUT2D eigenvalue weighted by Gasteiger charge is 2.21. The van der Waals surface area contributed by atoms with Gasteiger partial charge in [-0.2, -0.15) is 4.98 Å². The molecule has 8 nitrogen and oxygen atoms in total. The Morgan fingerprint density at radius 3 is 2.38 bits per heavy atom. The first kappa shape index (κ1) is 20.2. The topological polar surface area (TPSA) is 96.7 Å². The number of hydrogen-bond acceptors (Lipinski definition) is 6. The van der Waals surface area contributed by atoms with E-state index in [-0.39, 0.29) is 15.7 Å². The molecule has 0 aliphatic carbocycles. The number of carbonyl (C=O) groups excluding carboxylic acids is 1. The Morgan fingerprint density at radius 1 is 0.938 bits per heavy atom. The number of hydrogen-bond donors (Lipinski definition) is 1. The van der Waals surface area contributed by atoms with E-state index in [2.05, 4.69) is 15.4 Å². The molecule has 3 heterocycles. The lowest BCUT2D eigenvalue weighted by Gasteiger charge is -2.30. The van der Waals surface area contributed by atoms with Crippen molar-refractivity contribution in [3.63, 3.8) is 0 Å². The highest BCUT2D eigenvalue weighted by molar-refractivity contribution is 7.91. The molecule has 0 unspecified atom stereocenters. The Morgan fingerprint density at radius 2 is 1.69 bits per heavy atom. The summed E-state index contributed by atoms with van der Waals surface area (Å²) in [6.45, 7) is 2.14. The van der Waals surface area contributed by atoms with Crippen LogP contribution in [-0.2, 0) is 16.4 Å². The van der Waals surface area contributed by atoms with E-state index < -0.39 is 9.84 Å². The fraction of sp³-hybridized carbons (Fsp3) is 0.174. The van der Waals surface area contributed by atoms with Crippen LogP contribution in [0, 0.1) is 0 Å². The molecule has 1 aliphatic rings. The molecule has 0 radical (unpaired) electrons. The van der Waals surface area contributed by atoms with E-state index in [0.29, 0.717) is 23.7 Å². The van der Waals surface area contributed by atoms with Gasteiger partial charge in [0, 0.05) is 25.2 Å². The van der Waals surface area contributed by atoms with Crippen LogP contribution >= 0.6 is 0 Å². The van der Waals surface area contributed by atoms with E-state index in [1.54, 1.807) is 36.4 Å². The average Bonchev–Trinajstić information content (AvgIpc) is 3.20. The number of rotatable bonds is 6. The van der Waals surface area contributed by atoms with Gasteiger partial charge in [0.25, 0.3) is 5.91 Å². The van der Waals surface area contributed by atoms with Gasteiger partial charge < -0.3 is 10.2 Å². The summed E-state index contributed by atoms with van der Waals surface area (Å²) < 4.78 is 27.1. The maximum Gasteiger partial charge on any atom is 0.253 e. The van der Waals surface area contributed by atoms with Crippen molar-refractivity contribution in [2.24, 2.45) is 0 Å². The first-order valence-electron chi connectivity index (χ1n) is 10.3. The number of nitrogens with one attached hydrogen (secondary N) is 1. The van der Waals surface area contributed by atoms with Crippen LogP contribution in [0.1, 0.15) is 22.3 Å². The summed E-state index contributed by atoms with van der Waals surface area (Å²) in [5.74, 6) is 0.457. The molecule has 1 amide bonds. The molecule has 5 rings (SSSR count). The Hall–Kier alpha value is -3.72. The number of anilines is 1. The van der Waals surface area contributed by atoms with Crippen LogP contribution in [0.15, 0.2) is 82.7 Å². The molecular weight excluding hydrogens is 426 g/mol. The van der Waals surface area contributed by atoms with E-state index in [9.17, 15) is 13.2 Å². The summed E-state index contributed by atoms with van der Waals surface area (Å²) >= 11 is 0. The number of likely N-dealkylation sites (tertiary alicyclic amines) is 1. The van der Waals surface area contributed by atoms with Crippen molar-refractivity contribution in [2.45, 2.75) is 22.8 Å². The monoisotopic (exact) mass is 447 g/mol. The standard InChI is InChI=1S/C23H21N5O3S/c29-22(27-13-4-14-27)18-9-7-17(8-10-18)15-24-23-25-21-12-11-20(16-28(21)26-23)32(30,31)19-5-2-1-3-6-19/h1-3,5-12,16H,4,13-15H2,(H,24,26). The summed E-state index contributed by atoms with van der Waals surface area (Å²) in [6, 6.07) is 18.9. The molecule has 1 N–H and O–H groups in total. The van der Waals surface area contributed by atoms with Crippen molar-refractivity contribution in [1.29, 1.82) is 0 Å². The van der Waals surface area contributed by atoms with Crippen LogP contribution in [0.25, 0.3) is 5.65 Å². The van der Waals surface area contributed by atoms with E-state index >= 15 is 0 Å². The van der Waals surface area contributed by atoms with Gasteiger partial charge in [-0.1, -0.05) is 30.3 Å². The minimum Gasteiger partial charge on any atom is -0.349 e. The zero-order valence-electron chi connectivity index (χ0n) is 17.2. The summed E-state index contributed by atoms with van der Waals surface area (Å²) in [6.07, 6.45) is 2.53. The van der Waals surface area contributed by atoms with Crippen molar-refractivity contribution in [3.8, 4) is 0 Å². The van der Waals surface area contributed by atoms with Gasteiger partial charge >= 0.3 is 0 Å². The molecule has 4 aromatic rings. The van der Waals surface area contributed by atoms with Gasteiger partial charge in [-0.3, -0.25) is 4.79 Å². The zero-order chi connectivity index (χ0) is 22.1. The van der Waals surface area contributed by atoms with Gasteiger partial charge in [0.2, 0.25) is 15.8 Å². The number of benzene rings is 2. The van der Waals surface area contributed by atoms with Gasteiger partial charge in [0.05, 0.1) is 16.0 Å². The van der Waals surface area contributed by atoms with E-state index in [0.717, 1.165) is 25.1 Å². The fourth-order valence-corrected chi connectivity index (χ4v) is 4.76. The van der Waals surface area contributed by atoms with Crippen LogP contribution in [0.5, 0.6) is 0 Å². The van der Waals surface area contributed by atoms with E-state index in [1.807, 2.05) is 29.2 Å². The Balaban J connectivity index is 1.30. The lowest BCUT2D eigenvalue weighted by atomic mass is 10.1. The van der Waals surface area contributed by atoms with Gasteiger partial charge in [0.1, 0.15) is 0 Å². The molecule has 1 aliphatic heterocycles. The number of carbonyl (C=O) groups is 1. The predicted octanol–water partition coefficient (Wildman–Crippen LogP) is 3.02. The smallest absolute Gasteiger partial charge is 0.253 e. The summed E-state index contributed by atoms with van der Waals surface area (Å²) in [5.41, 5.74) is 2.21. The highest BCUT2D eigenvalue weighted by atomic mass is 32.2. The second-order valence-electron chi connectivity index (χ2n) is 7.62. The molecule has 0 atom stereocenters. The molecule has 162 valence electrons. The number of nitrogens with zero attached hydrogens (tertiary/aromatic N) is 4. The average molecular weight is 448 g/mol. The maximum absolute atomic E-state index is 12.8. The number of aromatic nitrogens is 3. The van der Waals surface area contributed by atoms with Crippen LogP contribution in [0.4, 0.5) is 5.95 Å². The van der Waals surface area contributed by atoms with Gasteiger partial charge in [-0.05, 0) is 48.4 Å². The minimum atomic E-state index is -3.63. The summed E-state index contributed by atoms with van der Waals surface area (Å²) in [7, 11) is -3.63. The first-order valence-corrected chi connectivity index (χ1v) is 11.8. The second-order valence-corrected chi connectivity index (χ2v) is 9.57. The first-order chi connectivity index (χ1) is 15.5. The summed E-state index contributed by atoms with van der Waals surface area (Å²) in [5, 5.41) is 7.50. The predicted molar refractivity (Wildman–Crippen MR) is 119 cm³/mol. The van der Waals surface area contributed by atoms with Gasteiger partial charge in [0.15, 0.2) is 5.65 Å². The van der Waals surface area contributed by atoms with Crippen LogP contribution in [0.2, 0.25) is 0 Å². The molecule has 0 spiro atoms. The van der Waals surface area contributed by atoms with Crippen LogP contribution in [-0.4, -0.2) is 46.9 Å². The van der Waals surface area contributed by atoms with Crippen molar-refractivity contribution in [2.75, 3.05) is 18.4 Å². The molecular formula is C23H21N5O3S. The highest BCUT2D eigenvalue weighted by Crippen LogP contribution is 2.21. The van der Waals surface area contributed by atoms with Crippen molar-refractivity contribution < 1.29 is 13.2 Å². The van der Waals surface area contributed by atoms with E-state index in [1.165, 1.54) is 16.8 Å². The SMILES string of the molecule is O=C(c1ccc(CNc2nc3ccc(S(=O)(=O)c4ccccc4)cn3n2)cc1)N1CCC1. The lowest BCUT2D eigenvalue weighted by molar-refractivity contribution is 0.0652. The largest absolute Gasteiger partial charge is 0.349 e. The van der Waals surface area contributed by atoms with Gasteiger partial charge in [-0.15, -0.1) is 5.10 Å². The number of pyridine rings is 1. The molecule has 1 saturated heterocycles. The molecule has 2 aromatic heterocycles. The minimum absolute atomic E-state index is 0.0686. The zero-order valence-corrected chi connectivity index (χ0v) is 18.0. The van der Waals surface area contributed by atoms with Gasteiger partial charge in [-0.25, -0.2) is 12.9 Å². The normalized spacial score (nSPS) is 13.7. The Bertz CT molecular complexity index is 1380. The third kappa shape index (κ3) is 3.82. The maximum atomic E-state index is 12.8. The van der Waals surface area contributed by atoms with Crippen molar-refractivity contribution in [1.82, 2.24) is 19.5 Å². The van der Waals surface area contributed by atoms with Crippen LogP contribution in [0.3, 0.4) is 0 Å². The van der Waals surface area contributed by atoms with E-state index in [4.69, 9.17) is 0 Å². The number of amides is 1. The number of sulfone groups is 1. The second kappa shape index (κ2) is 8.08. The molecule has 0 saturated carbocycles.